The van der Waals surface area contributed by atoms with E-state index in [2.05, 4.69) is 4.18 Å². The lowest BCUT2D eigenvalue weighted by Crippen LogP contribution is -2.19. The van der Waals surface area contributed by atoms with Gasteiger partial charge in [-0.25, -0.2) is 0 Å². The summed E-state index contributed by atoms with van der Waals surface area (Å²) in [5.41, 5.74) is 0. The third-order valence-electron chi connectivity index (χ3n) is 1.45. The molecule has 0 rings (SSSR count). The molecule has 5 heteroatoms. The monoisotopic (exact) mass is 205 g/mol. The Hall–Kier alpha value is -0.600. The summed E-state index contributed by atoms with van der Waals surface area (Å²) >= 11 is 0. The van der Waals surface area contributed by atoms with Crippen molar-refractivity contribution in [2.75, 3.05) is 5.75 Å². The molecule has 1 unspecified atom stereocenters. The molecule has 0 aromatic heterocycles. The lowest BCUT2D eigenvalue weighted by molar-refractivity contribution is 0.233. The summed E-state index contributed by atoms with van der Waals surface area (Å²) in [5, 5.41) is 8.59. The number of nitriles is 1. The highest BCUT2D eigenvalue weighted by atomic mass is 32.2. The van der Waals surface area contributed by atoms with Gasteiger partial charge in [0.1, 0.15) is 0 Å². The van der Waals surface area contributed by atoms with Crippen LogP contribution in [0.25, 0.3) is 0 Å². The molecule has 4 nitrogen and oxygen atoms in total. The summed E-state index contributed by atoms with van der Waals surface area (Å²) in [7, 11) is -3.50. The Bertz CT molecular complexity index is 276. The molecule has 0 saturated carbocycles. The Balaban J connectivity index is 4.24. The molecule has 0 aliphatic rings. The van der Waals surface area contributed by atoms with E-state index in [0.29, 0.717) is 6.42 Å². The molecule has 0 radical (unpaired) electrons. The number of hydrogen-bond acceptors (Lipinski definition) is 4. The maximum absolute atomic E-state index is 11.0. The van der Waals surface area contributed by atoms with Gasteiger partial charge in [0.25, 0.3) is 10.1 Å². The molecule has 0 amide bonds. The zero-order chi connectivity index (χ0) is 10.5. The van der Waals surface area contributed by atoms with Gasteiger partial charge in [0.2, 0.25) is 0 Å². The van der Waals surface area contributed by atoms with Crippen molar-refractivity contribution >= 4 is 10.1 Å². The second-order valence-corrected chi connectivity index (χ2v) is 5.08. The zero-order valence-electron chi connectivity index (χ0n) is 8.15. The maximum atomic E-state index is 11.0. The van der Waals surface area contributed by atoms with Crippen molar-refractivity contribution in [3.8, 4) is 6.07 Å². The van der Waals surface area contributed by atoms with Crippen LogP contribution in [0.3, 0.4) is 0 Å². The first-order valence-electron chi connectivity index (χ1n) is 4.21. The van der Waals surface area contributed by atoms with Gasteiger partial charge in [0.05, 0.1) is 11.8 Å². The van der Waals surface area contributed by atoms with Gasteiger partial charge in [0, 0.05) is 0 Å². The van der Waals surface area contributed by atoms with Crippen molar-refractivity contribution < 1.29 is 12.6 Å². The van der Waals surface area contributed by atoms with Crippen LogP contribution in [0.2, 0.25) is 0 Å². The second kappa shape index (κ2) is 5.20. The zero-order valence-corrected chi connectivity index (χ0v) is 8.97. The average Bonchev–Trinajstić information content (AvgIpc) is 2.02. The van der Waals surface area contributed by atoms with Crippen LogP contribution in [0.5, 0.6) is 0 Å². The predicted octanol–water partition coefficient (Wildman–Crippen LogP) is 1.29. The summed E-state index contributed by atoms with van der Waals surface area (Å²) in [4.78, 5) is 0. The third kappa shape index (κ3) is 5.61. The quantitative estimate of drug-likeness (QED) is 0.634. The van der Waals surface area contributed by atoms with Crippen LogP contribution in [-0.4, -0.2) is 20.3 Å². The molecule has 0 saturated heterocycles. The van der Waals surface area contributed by atoms with E-state index in [9.17, 15) is 8.42 Å². The molecule has 0 N–H and O–H groups in total. The second-order valence-electron chi connectivity index (χ2n) is 3.19. The van der Waals surface area contributed by atoms with Gasteiger partial charge in [-0.2, -0.15) is 13.7 Å². The minimum Gasteiger partial charge on any atom is -0.251 e. The minimum absolute atomic E-state index is 0.0940. The Kier molecular flexibility index (Phi) is 4.96. The normalized spacial score (nSPS) is 14.1. The van der Waals surface area contributed by atoms with Crippen molar-refractivity contribution in [1.82, 2.24) is 0 Å². The Morgan fingerprint density at radius 1 is 1.46 bits per heavy atom. The summed E-state index contributed by atoms with van der Waals surface area (Å²) in [6.07, 6.45) is -0.402. The molecule has 0 aliphatic carbocycles. The van der Waals surface area contributed by atoms with Crippen LogP contribution < -0.4 is 0 Å². The molecular weight excluding hydrogens is 190 g/mol. The SMILES string of the molecule is CCS(=O)(=O)OC(C#N)CC(C)C. The highest BCUT2D eigenvalue weighted by Crippen LogP contribution is 2.10. The van der Waals surface area contributed by atoms with E-state index in [0.717, 1.165) is 0 Å². The van der Waals surface area contributed by atoms with Crippen LogP contribution in [0, 0.1) is 17.2 Å². The molecule has 0 fully saturated rings. The van der Waals surface area contributed by atoms with Crippen molar-refractivity contribution in [3.05, 3.63) is 0 Å². The molecule has 0 aromatic rings. The molecular formula is C8H15NO3S. The predicted molar refractivity (Wildman–Crippen MR) is 49.4 cm³/mol. The summed E-state index contributed by atoms with van der Waals surface area (Å²) in [6, 6.07) is 1.82. The summed E-state index contributed by atoms with van der Waals surface area (Å²) in [5.74, 6) is 0.153. The first kappa shape index (κ1) is 12.4. The molecule has 0 heterocycles. The van der Waals surface area contributed by atoms with Gasteiger partial charge in [-0.15, -0.1) is 0 Å². The van der Waals surface area contributed by atoms with Crippen LogP contribution >= 0.6 is 0 Å². The Morgan fingerprint density at radius 2 is 2.00 bits per heavy atom. The van der Waals surface area contributed by atoms with E-state index in [1.54, 1.807) is 0 Å². The van der Waals surface area contributed by atoms with Crippen LogP contribution in [0.1, 0.15) is 27.2 Å². The number of hydrogen-bond donors (Lipinski definition) is 0. The Morgan fingerprint density at radius 3 is 2.31 bits per heavy atom. The highest BCUT2D eigenvalue weighted by molar-refractivity contribution is 7.86. The first-order chi connectivity index (χ1) is 5.91. The third-order valence-corrected chi connectivity index (χ3v) is 2.68. The van der Waals surface area contributed by atoms with Crippen LogP contribution in [-0.2, 0) is 14.3 Å². The number of nitrogens with zero attached hydrogens (tertiary/aromatic N) is 1. The fourth-order valence-electron chi connectivity index (χ4n) is 0.787. The van der Waals surface area contributed by atoms with E-state index in [-0.39, 0.29) is 11.7 Å². The van der Waals surface area contributed by atoms with Gasteiger partial charge in [-0.3, -0.25) is 4.18 Å². The highest BCUT2D eigenvalue weighted by Gasteiger charge is 2.18. The lowest BCUT2D eigenvalue weighted by atomic mass is 10.1. The first-order valence-corrected chi connectivity index (χ1v) is 5.79. The molecule has 1 atom stereocenters. The fourth-order valence-corrected chi connectivity index (χ4v) is 1.40. The smallest absolute Gasteiger partial charge is 0.251 e. The van der Waals surface area contributed by atoms with Crippen molar-refractivity contribution in [3.63, 3.8) is 0 Å². The molecule has 0 aromatic carbocycles. The van der Waals surface area contributed by atoms with Gasteiger partial charge in [0.15, 0.2) is 6.10 Å². The average molecular weight is 205 g/mol. The number of rotatable bonds is 5. The molecule has 76 valence electrons. The van der Waals surface area contributed by atoms with Crippen LogP contribution in [0.4, 0.5) is 0 Å². The van der Waals surface area contributed by atoms with Gasteiger partial charge >= 0.3 is 0 Å². The van der Waals surface area contributed by atoms with E-state index < -0.39 is 16.2 Å². The van der Waals surface area contributed by atoms with Crippen molar-refractivity contribution in [2.45, 2.75) is 33.3 Å². The summed E-state index contributed by atoms with van der Waals surface area (Å²) < 4.78 is 26.6. The fraction of sp³-hybridized carbons (Fsp3) is 0.875. The van der Waals surface area contributed by atoms with E-state index >= 15 is 0 Å². The largest absolute Gasteiger partial charge is 0.268 e. The van der Waals surface area contributed by atoms with Crippen LogP contribution in [0.15, 0.2) is 0 Å². The van der Waals surface area contributed by atoms with Gasteiger partial charge in [-0.05, 0) is 19.3 Å². The van der Waals surface area contributed by atoms with E-state index in [4.69, 9.17) is 5.26 Å². The lowest BCUT2D eigenvalue weighted by Gasteiger charge is -2.11. The standard InChI is InChI=1S/C8H15NO3S/c1-4-13(10,11)12-8(6-9)5-7(2)3/h7-8H,4-5H2,1-3H3. The van der Waals surface area contributed by atoms with Crippen molar-refractivity contribution in [1.29, 1.82) is 5.26 Å². The molecule has 13 heavy (non-hydrogen) atoms. The van der Waals surface area contributed by atoms with Gasteiger partial charge < -0.3 is 0 Å². The minimum atomic E-state index is -3.50. The van der Waals surface area contributed by atoms with E-state index in [1.807, 2.05) is 19.9 Å². The molecule has 0 spiro atoms. The summed E-state index contributed by atoms with van der Waals surface area (Å²) in [6.45, 7) is 5.30. The Labute approximate surface area is 79.6 Å². The van der Waals surface area contributed by atoms with E-state index in [1.165, 1.54) is 6.92 Å². The van der Waals surface area contributed by atoms with Crippen molar-refractivity contribution in [2.24, 2.45) is 5.92 Å². The topological polar surface area (TPSA) is 67.2 Å². The molecule has 0 aliphatic heterocycles. The molecule has 0 bridgehead atoms. The maximum Gasteiger partial charge on any atom is 0.268 e. The van der Waals surface area contributed by atoms with Gasteiger partial charge in [-0.1, -0.05) is 13.8 Å².